The van der Waals surface area contributed by atoms with Crippen molar-refractivity contribution in [2.45, 2.75) is 31.3 Å². The first kappa shape index (κ1) is 10.9. The number of ether oxygens (including phenoxy) is 1. The van der Waals surface area contributed by atoms with E-state index >= 15 is 0 Å². The summed E-state index contributed by atoms with van der Waals surface area (Å²) in [5.74, 6) is 0. The summed E-state index contributed by atoms with van der Waals surface area (Å²) in [6.45, 7) is 2.52. The van der Waals surface area contributed by atoms with Gasteiger partial charge in [-0.1, -0.05) is 0 Å². The van der Waals surface area contributed by atoms with E-state index in [0.29, 0.717) is 32.6 Å². The Labute approximate surface area is 90.2 Å². The molecule has 2 fully saturated rings. The van der Waals surface area contributed by atoms with Crippen LogP contribution in [0.5, 0.6) is 0 Å². The van der Waals surface area contributed by atoms with Crippen LogP contribution in [-0.4, -0.2) is 37.0 Å². The molecule has 0 bridgehead atoms. The number of aliphatic hydroxyl groups is 1. The molecule has 0 aromatic heterocycles. The lowest BCUT2D eigenvalue weighted by Gasteiger charge is -2.22. The minimum Gasteiger partial charge on any atom is -0.386 e. The molecule has 1 atom stereocenters. The zero-order valence-corrected chi connectivity index (χ0v) is 8.96. The Balaban J connectivity index is 1.69. The van der Waals surface area contributed by atoms with Gasteiger partial charge in [-0.2, -0.15) is 5.26 Å². The van der Waals surface area contributed by atoms with Crippen LogP contribution in [0.2, 0.25) is 0 Å². The fourth-order valence-electron chi connectivity index (χ4n) is 2.06. The first-order chi connectivity index (χ1) is 7.18. The van der Waals surface area contributed by atoms with Crippen LogP contribution in [0, 0.1) is 16.7 Å². The third kappa shape index (κ3) is 2.69. The lowest BCUT2D eigenvalue weighted by atomic mass is 10.0. The molecule has 4 heteroatoms. The van der Waals surface area contributed by atoms with Crippen LogP contribution in [-0.2, 0) is 4.74 Å². The smallest absolute Gasteiger partial charge is 0.102 e. The van der Waals surface area contributed by atoms with Gasteiger partial charge in [0.05, 0.1) is 12.7 Å². The molecule has 0 amide bonds. The zero-order valence-electron chi connectivity index (χ0n) is 8.96. The molecule has 2 aliphatic rings. The molecule has 2 rings (SSSR count). The number of rotatable bonds is 5. The number of nitrogens with one attached hydrogen (secondary N) is 1. The zero-order chi connectivity index (χ0) is 10.8. The second-order valence-corrected chi connectivity index (χ2v) is 4.97. The Bertz CT molecular complexity index is 262. The Kier molecular flexibility index (Phi) is 2.96. The number of nitriles is 1. The summed E-state index contributed by atoms with van der Waals surface area (Å²) in [6.07, 6.45) is 3.63. The maximum atomic E-state index is 9.99. The summed E-state index contributed by atoms with van der Waals surface area (Å²) in [5.41, 5.74) is -0.465. The molecule has 0 aromatic carbocycles. The molecule has 2 N–H and O–H groups in total. The first-order valence-corrected chi connectivity index (χ1v) is 5.56. The van der Waals surface area contributed by atoms with E-state index in [1.54, 1.807) is 0 Å². The lowest BCUT2D eigenvalue weighted by Crippen LogP contribution is -2.42. The van der Waals surface area contributed by atoms with Crippen molar-refractivity contribution in [3.63, 3.8) is 0 Å². The minimum atomic E-state index is -0.678. The van der Waals surface area contributed by atoms with E-state index in [9.17, 15) is 5.11 Å². The normalized spacial score (nSPS) is 32.5. The predicted octanol–water partition coefficient (Wildman–Crippen LogP) is 0.421. The van der Waals surface area contributed by atoms with Crippen molar-refractivity contribution >= 4 is 0 Å². The molecule has 1 aliphatic carbocycles. The highest BCUT2D eigenvalue weighted by atomic mass is 16.5. The average Bonchev–Trinajstić information content (AvgIpc) is 2.81. The Morgan fingerprint density at radius 1 is 1.33 bits per heavy atom. The van der Waals surface area contributed by atoms with E-state index in [4.69, 9.17) is 10.00 Å². The van der Waals surface area contributed by atoms with Gasteiger partial charge < -0.3 is 15.2 Å². The topological polar surface area (TPSA) is 65.3 Å². The van der Waals surface area contributed by atoms with Crippen molar-refractivity contribution in [1.29, 1.82) is 5.26 Å². The molecule has 1 heterocycles. The van der Waals surface area contributed by atoms with E-state index in [1.165, 1.54) is 0 Å². The SMILES string of the molecule is N#CCC1(CNCC2(O)CCOC2)CC1. The van der Waals surface area contributed by atoms with Gasteiger partial charge >= 0.3 is 0 Å². The van der Waals surface area contributed by atoms with Crippen molar-refractivity contribution < 1.29 is 9.84 Å². The molecule has 0 aromatic rings. The highest BCUT2D eigenvalue weighted by Crippen LogP contribution is 2.47. The summed E-state index contributed by atoms with van der Waals surface area (Å²) in [6, 6.07) is 2.23. The quantitative estimate of drug-likeness (QED) is 0.690. The number of hydrogen-bond acceptors (Lipinski definition) is 4. The second kappa shape index (κ2) is 4.09. The Morgan fingerprint density at radius 2 is 2.13 bits per heavy atom. The summed E-state index contributed by atoms with van der Waals surface area (Å²) < 4.78 is 5.16. The van der Waals surface area contributed by atoms with Gasteiger partial charge in [-0.3, -0.25) is 0 Å². The summed E-state index contributed by atoms with van der Waals surface area (Å²) in [4.78, 5) is 0. The van der Waals surface area contributed by atoms with E-state index in [-0.39, 0.29) is 5.41 Å². The molecule has 1 saturated carbocycles. The maximum absolute atomic E-state index is 9.99. The van der Waals surface area contributed by atoms with E-state index < -0.39 is 5.60 Å². The second-order valence-electron chi connectivity index (χ2n) is 4.97. The molecule has 0 radical (unpaired) electrons. The van der Waals surface area contributed by atoms with Crippen LogP contribution in [0.25, 0.3) is 0 Å². The van der Waals surface area contributed by atoms with Crippen molar-refractivity contribution in [2.24, 2.45) is 5.41 Å². The fourth-order valence-corrected chi connectivity index (χ4v) is 2.06. The number of hydrogen-bond donors (Lipinski definition) is 2. The van der Waals surface area contributed by atoms with Gasteiger partial charge in [0.1, 0.15) is 5.60 Å². The van der Waals surface area contributed by atoms with E-state index in [2.05, 4.69) is 11.4 Å². The average molecular weight is 210 g/mol. The van der Waals surface area contributed by atoms with Crippen LogP contribution in [0.3, 0.4) is 0 Å². The van der Waals surface area contributed by atoms with Crippen molar-refractivity contribution in [2.75, 3.05) is 26.3 Å². The van der Waals surface area contributed by atoms with Crippen molar-refractivity contribution in [1.82, 2.24) is 5.32 Å². The van der Waals surface area contributed by atoms with Gasteiger partial charge in [-0.05, 0) is 18.3 Å². The van der Waals surface area contributed by atoms with Crippen LogP contribution < -0.4 is 5.32 Å². The highest BCUT2D eigenvalue weighted by molar-refractivity contribution is 5.01. The molecule has 1 aliphatic heterocycles. The third-order valence-electron chi connectivity index (χ3n) is 3.45. The van der Waals surface area contributed by atoms with Gasteiger partial charge in [0.2, 0.25) is 0 Å². The van der Waals surface area contributed by atoms with Crippen molar-refractivity contribution in [3.05, 3.63) is 0 Å². The summed E-state index contributed by atoms with van der Waals surface area (Å²) in [7, 11) is 0. The predicted molar refractivity (Wildman–Crippen MR) is 55.2 cm³/mol. The Morgan fingerprint density at radius 3 is 2.67 bits per heavy atom. The summed E-state index contributed by atoms with van der Waals surface area (Å²) in [5, 5.41) is 21.9. The molecule has 4 nitrogen and oxygen atoms in total. The fraction of sp³-hybridized carbons (Fsp3) is 0.909. The standard InChI is InChI=1S/C11H18N2O2/c12-5-3-10(1-2-10)7-13-8-11(14)4-6-15-9-11/h13-14H,1-4,6-9H2. The number of nitrogens with zero attached hydrogens (tertiary/aromatic N) is 1. The maximum Gasteiger partial charge on any atom is 0.102 e. The van der Waals surface area contributed by atoms with Crippen molar-refractivity contribution in [3.8, 4) is 6.07 Å². The molecule has 0 spiro atoms. The largest absolute Gasteiger partial charge is 0.386 e. The Hall–Kier alpha value is -0.630. The highest BCUT2D eigenvalue weighted by Gasteiger charge is 2.42. The van der Waals surface area contributed by atoms with Gasteiger partial charge in [-0.25, -0.2) is 0 Å². The monoisotopic (exact) mass is 210 g/mol. The van der Waals surface area contributed by atoms with Gasteiger partial charge in [0.15, 0.2) is 0 Å². The molecule has 1 unspecified atom stereocenters. The lowest BCUT2D eigenvalue weighted by molar-refractivity contribution is 0.0262. The van der Waals surface area contributed by atoms with Crippen LogP contribution in [0.4, 0.5) is 0 Å². The molecule has 1 saturated heterocycles. The molecular weight excluding hydrogens is 192 g/mol. The van der Waals surface area contributed by atoms with Crippen LogP contribution in [0.1, 0.15) is 25.7 Å². The molecule has 84 valence electrons. The molecular formula is C11H18N2O2. The van der Waals surface area contributed by atoms with Gasteiger partial charge in [-0.15, -0.1) is 0 Å². The van der Waals surface area contributed by atoms with E-state index in [1.807, 2.05) is 0 Å². The summed E-state index contributed by atoms with van der Waals surface area (Å²) >= 11 is 0. The third-order valence-corrected chi connectivity index (χ3v) is 3.45. The van der Waals surface area contributed by atoms with Crippen LogP contribution in [0.15, 0.2) is 0 Å². The van der Waals surface area contributed by atoms with E-state index in [0.717, 1.165) is 19.4 Å². The first-order valence-electron chi connectivity index (χ1n) is 5.56. The minimum absolute atomic E-state index is 0.213. The van der Waals surface area contributed by atoms with Gasteiger partial charge in [0, 0.05) is 32.5 Å². The van der Waals surface area contributed by atoms with Crippen LogP contribution >= 0.6 is 0 Å². The molecule has 15 heavy (non-hydrogen) atoms. The van der Waals surface area contributed by atoms with Gasteiger partial charge in [0.25, 0.3) is 0 Å².